The summed E-state index contributed by atoms with van der Waals surface area (Å²) >= 11 is 0. The molecule has 0 aliphatic rings. The SMILES string of the molecule is Cc1cc(C=O)c(OCc2ccccc2)c(C)c1C. The molecule has 2 nitrogen and oxygen atoms in total. The second-order valence-corrected chi connectivity index (χ2v) is 4.75. The van der Waals surface area contributed by atoms with Gasteiger partial charge in [-0.15, -0.1) is 0 Å². The average molecular weight is 254 g/mol. The number of aryl methyl sites for hydroxylation is 1. The molecule has 19 heavy (non-hydrogen) atoms. The van der Waals surface area contributed by atoms with Gasteiger partial charge in [-0.25, -0.2) is 0 Å². The van der Waals surface area contributed by atoms with Gasteiger partial charge in [0.1, 0.15) is 12.4 Å². The first-order valence-corrected chi connectivity index (χ1v) is 6.36. The van der Waals surface area contributed by atoms with Crippen LogP contribution in [0.2, 0.25) is 0 Å². The Kier molecular flexibility index (Phi) is 4.00. The maximum absolute atomic E-state index is 11.2. The summed E-state index contributed by atoms with van der Waals surface area (Å²) in [7, 11) is 0. The summed E-state index contributed by atoms with van der Waals surface area (Å²) < 4.78 is 5.85. The molecule has 0 spiro atoms. The zero-order chi connectivity index (χ0) is 13.8. The van der Waals surface area contributed by atoms with Crippen LogP contribution < -0.4 is 4.74 Å². The van der Waals surface area contributed by atoms with Crippen molar-refractivity contribution in [3.05, 3.63) is 64.2 Å². The molecule has 2 aromatic carbocycles. The third kappa shape index (κ3) is 2.84. The molecule has 0 atom stereocenters. The number of rotatable bonds is 4. The Balaban J connectivity index is 2.29. The molecule has 0 radical (unpaired) electrons. The Morgan fingerprint density at radius 2 is 1.74 bits per heavy atom. The van der Waals surface area contributed by atoms with E-state index < -0.39 is 0 Å². The van der Waals surface area contributed by atoms with Crippen molar-refractivity contribution in [1.29, 1.82) is 0 Å². The van der Waals surface area contributed by atoms with Gasteiger partial charge in [0.15, 0.2) is 6.29 Å². The molecule has 0 aliphatic carbocycles. The molecular formula is C17H18O2. The van der Waals surface area contributed by atoms with Crippen molar-refractivity contribution in [3.63, 3.8) is 0 Å². The van der Waals surface area contributed by atoms with Crippen molar-refractivity contribution in [3.8, 4) is 5.75 Å². The second-order valence-electron chi connectivity index (χ2n) is 4.75. The van der Waals surface area contributed by atoms with E-state index in [-0.39, 0.29) is 0 Å². The molecule has 0 heterocycles. The van der Waals surface area contributed by atoms with Gasteiger partial charge in [0.2, 0.25) is 0 Å². The molecule has 0 N–H and O–H groups in total. The van der Waals surface area contributed by atoms with Crippen molar-refractivity contribution < 1.29 is 9.53 Å². The molecular weight excluding hydrogens is 236 g/mol. The lowest BCUT2D eigenvalue weighted by Gasteiger charge is -2.15. The van der Waals surface area contributed by atoms with Gasteiger partial charge in [-0.2, -0.15) is 0 Å². The molecule has 2 aromatic rings. The predicted octanol–water partition coefficient (Wildman–Crippen LogP) is 4.00. The van der Waals surface area contributed by atoms with Crippen LogP contribution in [0.25, 0.3) is 0 Å². The van der Waals surface area contributed by atoms with Crippen LogP contribution in [0.3, 0.4) is 0 Å². The summed E-state index contributed by atoms with van der Waals surface area (Å²) in [6, 6.07) is 11.8. The van der Waals surface area contributed by atoms with Crippen LogP contribution in [0.1, 0.15) is 32.6 Å². The van der Waals surface area contributed by atoms with Crippen LogP contribution in [-0.4, -0.2) is 6.29 Å². The fraction of sp³-hybridized carbons (Fsp3) is 0.235. The minimum Gasteiger partial charge on any atom is -0.488 e. The third-order valence-electron chi connectivity index (χ3n) is 3.48. The van der Waals surface area contributed by atoms with Crippen LogP contribution in [0.5, 0.6) is 5.75 Å². The summed E-state index contributed by atoms with van der Waals surface area (Å²) in [5.41, 5.74) is 5.05. The van der Waals surface area contributed by atoms with Gasteiger partial charge in [0.25, 0.3) is 0 Å². The monoisotopic (exact) mass is 254 g/mol. The largest absolute Gasteiger partial charge is 0.488 e. The van der Waals surface area contributed by atoms with Gasteiger partial charge in [0.05, 0.1) is 5.56 Å². The molecule has 0 unspecified atom stereocenters. The minimum atomic E-state index is 0.477. The first-order valence-electron chi connectivity index (χ1n) is 6.36. The molecule has 0 aromatic heterocycles. The van der Waals surface area contributed by atoms with E-state index >= 15 is 0 Å². The molecule has 0 saturated heterocycles. The number of carbonyl (C=O) groups excluding carboxylic acids is 1. The smallest absolute Gasteiger partial charge is 0.153 e. The van der Waals surface area contributed by atoms with Gasteiger partial charge < -0.3 is 4.74 Å². The average Bonchev–Trinajstić information content (AvgIpc) is 2.44. The van der Waals surface area contributed by atoms with E-state index in [0.29, 0.717) is 17.9 Å². The number of benzene rings is 2. The van der Waals surface area contributed by atoms with E-state index in [4.69, 9.17) is 4.74 Å². The van der Waals surface area contributed by atoms with E-state index in [9.17, 15) is 4.79 Å². The number of ether oxygens (including phenoxy) is 1. The van der Waals surface area contributed by atoms with E-state index in [1.165, 1.54) is 5.56 Å². The highest BCUT2D eigenvalue weighted by atomic mass is 16.5. The standard InChI is InChI=1S/C17H18O2/c1-12-9-16(10-18)17(14(3)13(12)2)19-11-15-7-5-4-6-8-15/h4-10H,11H2,1-3H3. The molecule has 0 saturated carbocycles. The molecule has 0 bridgehead atoms. The molecule has 2 heteroatoms. The van der Waals surface area contributed by atoms with E-state index in [0.717, 1.165) is 23.0 Å². The van der Waals surface area contributed by atoms with E-state index in [2.05, 4.69) is 6.92 Å². The van der Waals surface area contributed by atoms with Gasteiger partial charge in [-0.05, 0) is 49.1 Å². The van der Waals surface area contributed by atoms with Crippen LogP contribution in [0.15, 0.2) is 36.4 Å². The topological polar surface area (TPSA) is 26.3 Å². The zero-order valence-corrected chi connectivity index (χ0v) is 11.6. The summed E-state index contributed by atoms with van der Waals surface area (Å²) in [5, 5.41) is 0. The summed E-state index contributed by atoms with van der Waals surface area (Å²) in [4.78, 5) is 11.2. The lowest BCUT2D eigenvalue weighted by atomic mass is 9.99. The van der Waals surface area contributed by atoms with Crippen molar-refractivity contribution in [2.75, 3.05) is 0 Å². The van der Waals surface area contributed by atoms with Crippen molar-refractivity contribution in [2.45, 2.75) is 27.4 Å². The number of hydrogen-bond donors (Lipinski definition) is 0. The highest BCUT2D eigenvalue weighted by Crippen LogP contribution is 2.28. The lowest BCUT2D eigenvalue weighted by molar-refractivity contribution is 0.111. The maximum Gasteiger partial charge on any atom is 0.153 e. The Bertz CT molecular complexity index is 586. The number of hydrogen-bond acceptors (Lipinski definition) is 2. The van der Waals surface area contributed by atoms with Gasteiger partial charge in [-0.3, -0.25) is 4.79 Å². The van der Waals surface area contributed by atoms with Gasteiger partial charge in [0, 0.05) is 0 Å². The molecule has 98 valence electrons. The molecule has 0 fully saturated rings. The Hall–Kier alpha value is -2.09. The van der Waals surface area contributed by atoms with Crippen molar-refractivity contribution in [1.82, 2.24) is 0 Å². The number of carbonyl (C=O) groups is 1. The summed E-state index contributed by atoms with van der Waals surface area (Å²) in [6.07, 6.45) is 0.861. The van der Waals surface area contributed by atoms with Crippen LogP contribution in [0, 0.1) is 20.8 Å². The van der Waals surface area contributed by atoms with Gasteiger partial charge in [-0.1, -0.05) is 30.3 Å². The Morgan fingerprint density at radius 3 is 2.37 bits per heavy atom. The highest BCUT2D eigenvalue weighted by molar-refractivity contribution is 5.81. The highest BCUT2D eigenvalue weighted by Gasteiger charge is 2.11. The van der Waals surface area contributed by atoms with Gasteiger partial charge >= 0.3 is 0 Å². The maximum atomic E-state index is 11.2. The van der Waals surface area contributed by atoms with Crippen molar-refractivity contribution in [2.24, 2.45) is 0 Å². The quantitative estimate of drug-likeness (QED) is 0.771. The normalized spacial score (nSPS) is 10.3. The fourth-order valence-electron chi connectivity index (χ4n) is 2.10. The predicted molar refractivity (Wildman–Crippen MR) is 76.8 cm³/mol. The van der Waals surface area contributed by atoms with E-state index in [1.807, 2.05) is 50.2 Å². The van der Waals surface area contributed by atoms with Crippen molar-refractivity contribution >= 4 is 6.29 Å². The zero-order valence-electron chi connectivity index (χ0n) is 11.6. The molecule has 0 amide bonds. The van der Waals surface area contributed by atoms with Crippen LogP contribution in [-0.2, 0) is 6.61 Å². The van der Waals surface area contributed by atoms with E-state index in [1.54, 1.807) is 0 Å². The van der Waals surface area contributed by atoms with Crippen LogP contribution in [0.4, 0.5) is 0 Å². The summed E-state index contributed by atoms with van der Waals surface area (Å²) in [5.74, 6) is 0.696. The first kappa shape index (κ1) is 13.3. The lowest BCUT2D eigenvalue weighted by Crippen LogP contribution is -2.02. The Labute approximate surface area is 114 Å². The summed E-state index contributed by atoms with van der Waals surface area (Å²) in [6.45, 7) is 6.53. The molecule has 0 aliphatic heterocycles. The van der Waals surface area contributed by atoms with Crippen LogP contribution >= 0.6 is 0 Å². The second kappa shape index (κ2) is 5.70. The minimum absolute atomic E-state index is 0.477. The molecule has 2 rings (SSSR count). The first-order chi connectivity index (χ1) is 9.13. The fourth-order valence-corrected chi connectivity index (χ4v) is 2.10. The number of aldehydes is 1. The Morgan fingerprint density at radius 1 is 1.05 bits per heavy atom. The third-order valence-corrected chi connectivity index (χ3v) is 3.48.